The molecule has 1 aliphatic rings. The van der Waals surface area contributed by atoms with E-state index in [0.29, 0.717) is 24.0 Å². The molecule has 2 rings (SSSR count). The average Bonchev–Trinajstić information content (AvgIpc) is 3.08. The van der Waals surface area contributed by atoms with Gasteiger partial charge in [-0.05, 0) is 25.7 Å². The second kappa shape index (κ2) is 4.97. The van der Waals surface area contributed by atoms with Crippen LogP contribution in [0.4, 0.5) is 0 Å². The van der Waals surface area contributed by atoms with Crippen LogP contribution >= 0.6 is 11.6 Å². The molecule has 0 aliphatic heterocycles. The van der Waals surface area contributed by atoms with E-state index in [1.54, 1.807) is 0 Å². The summed E-state index contributed by atoms with van der Waals surface area (Å²) in [5.41, 5.74) is 0.441. The maximum atomic E-state index is 11.4. The Morgan fingerprint density at radius 1 is 1.69 bits per heavy atom. The largest absolute Gasteiger partial charge is 0.370 e. The molecular weight excluding hydrogens is 228 g/mol. The van der Waals surface area contributed by atoms with E-state index in [9.17, 15) is 4.79 Å². The Kier molecular flexibility index (Phi) is 3.61. The lowest BCUT2D eigenvalue weighted by molar-refractivity contribution is 0.0397. The summed E-state index contributed by atoms with van der Waals surface area (Å²) in [6.45, 7) is 2.56. The van der Waals surface area contributed by atoms with E-state index in [4.69, 9.17) is 16.3 Å². The van der Waals surface area contributed by atoms with Crippen molar-refractivity contribution in [2.45, 2.75) is 31.7 Å². The molecule has 1 N–H and O–H groups in total. The number of halogens is 1. The summed E-state index contributed by atoms with van der Waals surface area (Å²) < 4.78 is 5.63. The minimum atomic E-state index is -0.161. The van der Waals surface area contributed by atoms with Gasteiger partial charge in [-0.15, -0.1) is 11.6 Å². The van der Waals surface area contributed by atoms with Crippen LogP contribution in [-0.2, 0) is 10.6 Å². The summed E-state index contributed by atoms with van der Waals surface area (Å²) >= 11 is 5.69. The van der Waals surface area contributed by atoms with E-state index >= 15 is 0 Å². The third-order valence-corrected chi connectivity index (χ3v) is 2.89. The van der Waals surface area contributed by atoms with Gasteiger partial charge in [0, 0.05) is 12.7 Å². The highest BCUT2D eigenvalue weighted by Crippen LogP contribution is 2.41. The predicted molar refractivity (Wildman–Crippen MR) is 61.5 cm³/mol. The zero-order valence-electron chi connectivity index (χ0n) is 9.20. The molecule has 4 nitrogen and oxygen atoms in total. The molecule has 1 aromatic heterocycles. The van der Waals surface area contributed by atoms with Crippen molar-refractivity contribution in [3.63, 3.8) is 0 Å². The summed E-state index contributed by atoms with van der Waals surface area (Å²) in [5, 5.41) is 0. The van der Waals surface area contributed by atoms with Crippen LogP contribution < -0.4 is 5.56 Å². The van der Waals surface area contributed by atoms with Crippen molar-refractivity contribution in [3.05, 3.63) is 27.9 Å². The van der Waals surface area contributed by atoms with Crippen LogP contribution in [0.3, 0.4) is 0 Å². The van der Waals surface area contributed by atoms with Crippen LogP contribution in [0.1, 0.15) is 37.4 Å². The summed E-state index contributed by atoms with van der Waals surface area (Å²) in [5.74, 6) is 1.36. The second-order valence-corrected chi connectivity index (χ2v) is 4.24. The number of nitrogens with zero attached hydrogens (tertiary/aromatic N) is 1. The number of rotatable bonds is 5. The molecule has 5 heteroatoms. The van der Waals surface area contributed by atoms with E-state index in [0.717, 1.165) is 12.8 Å². The molecule has 16 heavy (non-hydrogen) atoms. The van der Waals surface area contributed by atoms with Gasteiger partial charge in [-0.2, -0.15) is 0 Å². The van der Waals surface area contributed by atoms with E-state index < -0.39 is 0 Å². The third kappa shape index (κ3) is 2.62. The Bertz CT molecular complexity index is 415. The first-order chi connectivity index (χ1) is 7.74. The highest BCUT2D eigenvalue weighted by molar-refractivity contribution is 6.16. The standard InChI is InChI=1S/C11H15ClN2O2/c1-2-16-10(7-3-4-7)11-13-8(6-12)5-9(15)14-11/h5,7,10H,2-4,6H2,1H3,(H,13,14,15). The normalized spacial score (nSPS) is 17.4. The Hall–Kier alpha value is -0.870. The van der Waals surface area contributed by atoms with Gasteiger partial charge < -0.3 is 9.72 Å². The van der Waals surface area contributed by atoms with E-state index in [1.807, 2.05) is 6.92 Å². The molecular formula is C11H15ClN2O2. The zero-order chi connectivity index (χ0) is 11.5. The summed E-state index contributed by atoms with van der Waals surface area (Å²) in [7, 11) is 0. The molecule has 0 saturated heterocycles. The average molecular weight is 243 g/mol. The van der Waals surface area contributed by atoms with E-state index in [1.165, 1.54) is 6.07 Å². The molecule has 1 heterocycles. The first kappa shape index (κ1) is 11.6. The van der Waals surface area contributed by atoms with Crippen LogP contribution in [0, 0.1) is 5.92 Å². The lowest BCUT2D eigenvalue weighted by Crippen LogP contribution is -2.18. The fourth-order valence-electron chi connectivity index (χ4n) is 1.75. The van der Waals surface area contributed by atoms with Crippen molar-refractivity contribution in [1.29, 1.82) is 0 Å². The summed E-state index contributed by atoms with van der Waals surface area (Å²) in [4.78, 5) is 18.5. The molecule has 0 bridgehead atoms. The van der Waals surface area contributed by atoms with Crippen LogP contribution in [0.5, 0.6) is 0 Å². The smallest absolute Gasteiger partial charge is 0.251 e. The number of nitrogens with one attached hydrogen (secondary N) is 1. The maximum absolute atomic E-state index is 11.4. The van der Waals surface area contributed by atoms with Crippen LogP contribution in [0.15, 0.2) is 10.9 Å². The van der Waals surface area contributed by atoms with Gasteiger partial charge in [-0.3, -0.25) is 4.79 Å². The first-order valence-corrected chi connectivity index (χ1v) is 6.05. The van der Waals surface area contributed by atoms with Crippen molar-refractivity contribution < 1.29 is 4.74 Å². The molecule has 1 aliphatic carbocycles. The number of ether oxygens (including phenoxy) is 1. The second-order valence-electron chi connectivity index (χ2n) is 3.97. The minimum Gasteiger partial charge on any atom is -0.370 e. The molecule has 1 unspecified atom stereocenters. The Labute approximate surface area is 99.0 Å². The number of hydrogen-bond donors (Lipinski definition) is 1. The Morgan fingerprint density at radius 2 is 2.44 bits per heavy atom. The van der Waals surface area contributed by atoms with Gasteiger partial charge in [0.05, 0.1) is 11.6 Å². The first-order valence-electron chi connectivity index (χ1n) is 5.52. The number of hydrogen-bond acceptors (Lipinski definition) is 3. The molecule has 1 fully saturated rings. The van der Waals surface area contributed by atoms with Crippen molar-refractivity contribution in [2.75, 3.05) is 6.61 Å². The van der Waals surface area contributed by atoms with Crippen LogP contribution in [0.25, 0.3) is 0 Å². The fraction of sp³-hybridized carbons (Fsp3) is 0.636. The summed E-state index contributed by atoms with van der Waals surface area (Å²) in [6, 6.07) is 1.42. The Morgan fingerprint density at radius 3 is 3.00 bits per heavy atom. The fourth-order valence-corrected chi connectivity index (χ4v) is 1.89. The van der Waals surface area contributed by atoms with E-state index in [2.05, 4.69) is 9.97 Å². The van der Waals surface area contributed by atoms with Crippen molar-refractivity contribution in [3.8, 4) is 0 Å². The zero-order valence-corrected chi connectivity index (χ0v) is 9.96. The summed E-state index contributed by atoms with van der Waals surface area (Å²) in [6.07, 6.45) is 2.19. The van der Waals surface area contributed by atoms with Gasteiger partial charge in [0.25, 0.3) is 5.56 Å². The molecule has 0 spiro atoms. The number of H-pyrrole nitrogens is 1. The predicted octanol–water partition coefficient (Wildman–Crippen LogP) is 2.00. The SMILES string of the molecule is CCOC(c1nc(CCl)cc(=O)[nH]1)C1CC1. The van der Waals surface area contributed by atoms with Crippen LogP contribution in [-0.4, -0.2) is 16.6 Å². The lowest BCUT2D eigenvalue weighted by Gasteiger charge is -2.15. The van der Waals surface area contributed by atoms with Crippen molar-refractivity contribution in [1.82, 2.24) is 9.97 Å². The van der Waals surface area contributed by atoms with Gasteiger partial charge in [0.15, 0.2) is 0 Å². The maximum Gasteiger partial charge on any atom is 0.251 e. The lowest BCUT2D eigenvalue weighted by atomic mass is 10.2. The quantitative estimate of drug-likeness (QED) is 0.804. The van der Waals surface area contributed by atoms with Crippen LogP contribution in [0.2, 0.25) is 0 Å². The van der Waals surface area contributed by atoms with Gasteiger partial charge >= 0.3 is 0 Å². The van der Waals surface area contributed by atoms with Gasteiger partial charge in [-0.25, -0.2) is 4.98 Å². The topological polar surface area (TPSA) is 55.0 Å². The van der Waals surface area contributed by atoms with Gasteiger partial charge in [0.1, 0.15) is 11.9 Å². The number of aromatic nitrogens is 2. The molecule has 88 valence electrons. The molecule has 0 radical (unpaired) electrons. The highest BCUT2D eigenvalue weighted by Gasteiger charge is 2.34. The molecule has 0 amide bonds. The molecule has 1 atom stereocenters. The van der Waals surface area contributed by atoms with Crippen molar-refractivity contribution in [2.24, 2.45) is 5.92 Å². The monoisotopic (exact) mass is 242 g/mol. The minimum absolute atomic E-state index is 0.0825. The highest BCUT2D eigenvalue weighted by atomic mass is 35.5. The number of aromatic amines is 1. The molecule has 1 saturated carbocycles. The molecule has 0 aromatic carbocycles. The number of alkyl halides is 1. The molecule has 1 aromatic rings. The Balaban J connectivity index is 2.28. The van der Waals surface area contributed by atoms with Gasteiger partial charge in [0.2, 0.25) is 0 Å². The van der Waals surface area contributed by atoms with Gasteiger partial charge in [-0.1, -0.05) is 0 Å². The van der Waals surface area contributed by atoms with Crippen molar-refractivity contribution >= 4 is 11.6 Å². The van der Waals surface area contributed by atoms with E-state index in [-0.39, 0.29) is 17.5 Å². The third-order valence-electron chi connectivity index (χ3n) is 2.62.